The molecule has 7 N–H and O–H groups in total. The molecule has 2 aliphatic rings. The third-order valence-electron chi connectivity index (χ3n) is 13.0. The molecule has 0 spiro atoms. The molecule has 2 heterocycles. The van der Waals surface area contributed by atoms with Crippen molar-refractivity contribution in [2.45, 2.75) is 280 Å². The minimum Gasteiger partial charge on any atom is -0.462 e. The average Bonchev–Trinajstić information content (AvgIpc) is 3.32. The summed E-state index contributed by atoms with van der Waals surface area (Å²) >= 11 is 0. The lowest BCUT2D eigenvalue weighted by molar-refractivity contribution is -0.332. The van der Waals surface area contributed by atoms with Gasteiger partial charge in [0.1, 0.15) is 55.4 Å². The minimum absolute atomic E-state index is 0.167. The van der Waals surface area contributed by atoms with Gasteiger partial charge in [0, 0.05) is 12.8 Å². The van der Waals surface area contributed by atoms with Gasteiger partial charge in [-0.15, -0.1) is 0 Å². The Bertz CT molecular complexity index is 1220. The fraction of sp³-hybridized carbons (Fsp3) is 0.923. The SMILES string of the molecule is CCCCCC/C=C/CCCCCCCCCCCC(=O)O[C@H](COC(=O)CCCCCCCCCCCCCCCC)CO[C@H]1O[C@@H](CO[C@H]2O[C@@H](CO)[C@@H](O)C(O)C2O)[C@@H](O)C(O)C1O. The highest BCUT2D eigenvalue weighted by molar-refractivity contribution is 5.70. The first kappa shape index (κ1) is 61.4. The molecule has 2 saturated heterocycles. The van der Waals surface area contributed by atoms with E-state index in [1.807, 2.05) is 0 Å². The average molecular weight is 961 g/mol. The molecule has 0 radical (unpaired) electrons. The summed E-state index contributed by atoms with van der Waals surface area (Å²) in [6, 6.07) is 0. The van der Waals surface area contributed by atoms with Gasteiger partial charge in [0.2, 0.25) is 0 Å². The minimum atomic E-state index is -1.76. The van der Waals surface area contributed by atoms with E-state index in [9.17, 15) is 45.3 Å². The maximum Gasteiger partial charge on any atom is 0.306 e. The number of unbranched alkanes of at least 4 members (excludes halogenated alkanes) is 26. The van der Waals surface area contributed by atoms with Gasteiger partial charge in [-0.25, -0.2) is 0 Å². The third kappa shape index (κ3) is 28.0. The van der Waals surface area contributed by atoms with Crippen LogP contribution in [0.2, 0.25) is 0 Å². The van der Waals surface area contributed by atoms with Crippen molar-refractivity contribution in [1.82, 2.24) is 0 Å². The molecule has 0 saturated carbocycles. The van der Waals surface area contributed by atoms with Gasteiger partial charge in [-0.2, -0.15) is 0 Å². The number of aliphatic hydroxyl groups excluding tert-OH is 7. The van der Waals surface area contributed by atoms with E-state index in [1.54, 1.807) is 0 Å². The zero-order chi connectivity index (χ0) is 48.9. The third-order valence-corrected chi connectivity index (χ3v) is 13.0. The quantitative estimate of drug-likeness (QED) is 0.0176. The topological polar surface area (TPSA) is 231 Å². The second-order valence-corrected chi connectivity index (χ2v) is 19.1. The number of rotatable bonds is 42. The number of hydrogen-bond donors (Lipinski definition) is 7. The molecule has 2 rings (SSSR count). The molecule has 0 bridgehead atoms. The molecule has 15 heteroatoms. The van der Waals surface area contributed by atoms with Crippen LogP contribution >= 0.6 is 0 Å². The first-order valence-corrected chi connectivity index (χ1v) is 26.8. The maximum atomic E-state index is 13.0. The smallest absolute Gasteiger partial charge is 0.306 e. The summed E-state index contributed by atoms with van der Waals surface area (Å²) in [4.78, 5) is 25.8. The standard InChI is InChI=1S/C52H96O15/c1-3-5-7-9-11-13-15-17-19-20-21-23-25-27-29-31-33-35-44(55)65-40(37-62-43(54)34-32-30-28-26-24-22-18-16-14-12-10-8-6-4-2)38-63-51-50(61)48(59)46(57)42(67-51)39-64-52-49(60)47(58)45(56)41(36-53)66-52/h13,15,40-42,45-53,56-61H,3-12,14,16-39H2,1-2H3/b15-13+/t40-,41+,42+,45-,46-,47?,48?,49?,50?,51+,52+/m1/s1. The molecule has 0 amide bonds. The van der Waals surface area contributed by atoms with Crippen LogP contribution in [-0.2, 0) is 38.0 Å². The number of esters is 2. The Kier molecular flexibility index (Phi) is 36.5. The van der Waals surface area contributed by atoms with E-state index < -0.39 is 92.7 Å². The van der Waals surface area contributed by atoms with E-state index in [0.717, 1.165) is 44.9 Å². The largest absolute Gasteiger partial charge is 0.462 e. The fourth-order valence-corrected chi connectivity index (χ4v) is 8.57. The number of allylic oxidation sites excluding steroid dienone is 2. The van der Waals surface area contributed by atoms with E-state index in [4.69, 9.17) is 28.4 Å². The molecular weight excluding hydrogens is 865 g/mol. The van der Waals surface area contributed by atoms with Gasteiger partial charge in [0.05, 0.1) is 19.8 Å². The van der Waals surface area contributed by atoms with Crippen molar-refractivity contribution in [2.24, 2.45) is 0 Å². The van der Waals surface area contributed by atoms with Crippen molar-refractivity contribution in [2.75, 3.05) is 26.4 Å². The van der Waals surface area contributed by atoms with E-state index in [2.05, 4.69) is 26.0 Å². The molecule has 0 aromatic carbocycles. The first-order valence-electron chi connectivity index (χ1n) is 26.8. The summed E-state index contributed by atoms with van der Waals surface area (Å²) in [6.07, 6.45) is 22.3. The van der Waals surface area contributed by atoms with Crippen molar-refractivity contribution in [3.05, 3.63) is 12.2 Å². The fourth-order valence-electron chi connectivity index (χ4n) is 8.57. The Labute approximate surface area is 403 Å². The van der Waals surface area contributed by atoms with Crippen LogP contribution in [0.5, 0.6) is 0 Å². The van der Waals surface area contributed by atoms with E-state index >= 15 is 0 Å². The number of ether oxygens (including phenoxy) is 6. The predicted molar refractivity (Wildman–Crippen MR) is 257 cm³/mol. The van der Waals surface area contributed by atoms with Crippen molar-refractivity contribution in [3.63, 3.8) is 0 Å². The number of hydrogen-bond acceptors (Lipinski definition) is 15. The van der Waals surface area contributed by atoms with Crippen LogP contribution < -0.4 is 0 Å². The summed E-state index contributed by atoms with van der Waals surface area (Å²) in [7, 11) is 0. The molecule has 67 heavy (non-hydrogen) atoms. The predicted octanol–water partition coefficient (Wildman–Crippen LogP) is 7.77. The van der Waals surface area contributed by atoms with Crippen LogP contribution in [0, 0.1) is 0 Å². The van der Waals surface area contributed by atoms with Crippen molar-refractivity contribution in [1.29, 1.82) is 0 Å². The molecule has 0 aromatic rings. The van der Waals surface area contributed by atoms with Crippen LogP contribution in [0.1, 0.15) is 213 Å². The van der Waals surface area contributed by atoms with E-state index in [-0.39, 0.29) is 26.1 Å². The second-order valence-electron chi connectivity index (χ2n) is 19.1. The van der Waals surface area contributed by atoms with Gasteiger partial charge >= 0.3 is 11.9 Å². The highest BCUT2D eigenvalue weighted by Gasteiger charge is 2.47. The molecule has 4 unspecified atom stereocenters. The van der Waals surface area contributed by atoms with Crippen LogP contribution in [0.3, 0.4) is 0 Å². The first-order chi connectivity index (χ1) is 32.5. The zero-order valence-corrected chi connectivity index (χ0v) is 41.7. The number of carbonyl (C=O) groups excluding carboxylic acids is 2. The van der Waals surface area contributed by atoms with Gasteiger partial charge in [-0.05, 0) is 38.5 Å². The Morgan fingerprint density at radius 2 is 0.851 bits per heavy atom. The van der Waals surface area contributed by atoms with E-state index in [1.165, 1.54) is 128 Å². The molecule has 0 aliphatic carbocycles. The van der Waals surface area contributed by atoms with Crippen molar-refractivity contribution < 1.29 is 73.8 Å². The van der Waals surface area contributed by atoms with Crippen molar-refractivity contribution in [3.8, 4) is 0 Å². The molecule has 11 atom stereocenters. The van der Waals surface area contributed by atoms with Gasteiger partial charge in [0.25, 0.3) is 0 Å². The number of carbonyl (C=O) groups is 2. The molecule has 15 nitrogen and oxygen atoms in total. The Morgan fingerprint density at radius 1 is 0.463 bits per heavy atom. The van der Waals surface area contributed by atoms with Crippen LogP contribution in [0.25, 0.3) is 0 Å². The highest BCUT2D eigenvalue weighted by atomic mass is 16.7. The molecule has 394 valence electrons. The Morgan fingerprint density at radius 3 is 1.33 bits per heavy atom. The molecule has 0 aromatic heterocycles. The van der Waals surface area contributed by atoms with Gasteiger partial charge in [0.15, 0.2) is 18.7 Å². The van der Waals surface area contributed by atoms with Gasteiger partial charge in [-0.1, -0.05) is 174 Å². The summed E-state index contributed by atoms with van der Waals surface area (Å²) in [5, 5.41) is 72.1. The summed E-state index contributed by atoms with van der Waals surface area (Å²) < 4.78 is 33.6. The maximum absolute atomic E-state index is 13.0. The summed E-state index contributed by atoms with van der Waals surface area (Å²) in [5.74, 6) is -0.916. The summed E-state index contributed by atoms with van der Waals surface area (Å²) in [5.41, 5.74) is 0. The monoisotopic (exact) mass is 961 g/mol. The van der Waals surface area contributed by atoms with E-state index in [0.29, 0.717) is 12.8 Å². The van der Waals surface area contributed by atoms with Crippen LogP contribution in [0.15, 0.2) is 12.2 Å². The second kappa shape index (κ2) is 39.9. The highest BCUT2D eigenvalue weighted by Crippen LogP contribution is 2.27. The summed E-state index contributed by atoms with van der Waals surface area (Å²) in [6.45, 7) is 2.60. The number of aliphatic hydroxyl groups is 7. The van der Waals surface area contributed by atoms with Crippen molar-refractivity contribution >= 4 is 11.9 Å². The lowest BCUT2D eigenvalue weighted by Gasteiger charge is -2.42. The van der Waals surface area contributed by atoms with Crippen LogP contribution in [0.4, 0.5) is 0 Å². The lowest BCUT2D eigenvalue weighted by atomic mass is 9.98. The Hall–Kier alpha value is -1.76. The lowest BCUT2D eigenvalue weighted by Crippen LogP contribution is -2.61. The van der Waals surface area contributed by atoms with Gasteiger partial charge < -0.3 is 64.2 Å². The normalized spacial score (nSPS) is 26.0. The Balaban J connectivity index is 1.79. The zero-order valence-electron chi connectivity index (χ0n) is 41.7. The molecular formula is C52H96O15. The molecule has 2 aliphatic heterocycles. The van der Waals surface area contributed by atoms with Gasteiger partial charge in [-0.3, -0.25) is 9.59 Å². The molecule has 2 fully saturated rings. The van der Waals surface area contributed by atoms with Crippen LogP contribution in [-0.4, -0.2) is 142 Å².